The summed E-state index contributed by atoms with van der Waals surface area (Å²) >= 11 is 0. The van der Waals surface area contributed by atoms with Crippen molar-refractivity contribution in [2.24, 2.45) is 16.7 Å². The van der Waals surface area contributed by atoms with Crippen LogP contribution in [-0.2, 0) is 17.8 Å². The minimum Gasteiger partial charge on any atom is -0.497 e. The number of allylic oxidation sites excluding steroid dienone is 2. The van der Waals surface area contributed by atoms with Gasteiger partial charge < -0.3 is 9.47 Å². The largest absolute Gasteiger partial charge is 0.497 e. The SMILES string of the molecule is C=N/C=C\C(=C/Cc1ccc(OCc2c(C)cccc2N(N)C(=O)NN)cc1C)OC. The molecule has 0 aromatic heterocycles. The Morgan fingerprint density at radius 3 is 2.68 bits per heavy atom. The van der Waals surface area contributed by atoms with Gasteiger partial charge in [-0.1, -0.05) is 18.2 Å². The number of benzene rings is 2. The van der Waals surface area contributed by atoms with Gasteiger partial charge in [0.15, 0.2) is 0 Å². The molecule has 8 nitrogen and oxygen atoms in total. The van der Waals surface area contributed by atoms with Gasteiger partial charge >= 0.3 is 6.03 Å². The number of nitrogens with one attached hydrogen (secondary N) is 1. The van der Waals surface area contributed by atoms with E-state index in [1.807, 2.05) is 55.7 Å². The van der Waals surface area contributed by atoms with Gasteiger partial charge in [-0.15, -0.1) is 0 Å². The Morgan fingerprint density at radius 1 is 1.26 bits per heavy atom. The highest BCUT2D eigenvalue weighted by Crippen LogP contribution is 2.25. The average molecular weight is 424 g/mol. The number of nitrogens with zero attached hydrogens (tertiary/aromatic N) is 2. The molecule has 0 unspecified atom stereocenters. The number of amides is 2. The standard InChI is InChI=1S/C23H29N5O3/c1-16-6-5-7-22(28(25)23(29)27-24)21(16)15-31-20-11-9-18(17(2)14-20)8-10-19(30-4)12-13-26-3/h5-7,9-14H,3,8,15,24-25H2,1-2,4H3,(H,27,29)/b13-12-,19-10+. The van der Waals surface area contributed by atoms with Crippen molar-refractivity contribution in [3.8, 4) is 5.75 Å². The highest BCUT2D eigenvalue weighted by molar-refractivity contribution is 5.91. The zero-order valence-electron chi connectivity index (χ0n) is 18.1. The van der Waals surface area contributed by atoms with E-state index in [-0.39, 0.29) is 6.61 Å². The predicted molar refractivity (Wildman–Crippen MR) is 124 cm³/mol. The van der Waals surface area contributed by atoms with Crippen molar-refractivity contribution in [3.05, 3.63) is 82.8 Å². The topological polar surface area (TPSA) is 115 Å². The number of nitrogens with two attached hydrogens (primary N) is 2. The summed E-state index contributed by atoms with van der Waals surface area (Å²) in [4.78, 5) is 15.5. The monoisotopic (exact) mass is 423 g/mol. The number of urea groups is 1. The first-order chi connectivity index (χ1) is 14.9. The lowest BCUT2D eigenvalue weighted by Crippen LogP contribution is -2.48. The lowest BCUT2D eigenvalue weighted by atomic mass is 10.0. The van der Waals surface area contributed by atoms with Crippen molar-refractivity contribution in [3.63, 3.8) is 0 Å². The molecular weight excluding hydrogens is 394 g/mol. The molecular formula is C23H29N5O3. The van der Waals surface area contributed by atoms with Gasteiger partial charge in [-0.25, -0.2) is 21.5 Å². The summed E-state index contributed by atoms with van der Waals surface area (Å²) in [6.45, 7) is 7.62. The van der Waals surface area contributed by atoms with E-state index in [9.17, 15) is 4.79 Å². The molecule has 0 fully saturated rings. The Hall–Kier alpha value is -3.62. The van der Waals surface area contributed by atoms with E-state index in [0.717, 1.165) is 27.3 Å². The molecule has 0 spiro atoms. The van der Waals surface area contributed by atoms with Crippen molar-refractivity contribution in [2.45, 2.75) is 26.9 Å². The highest BCUT2D eigenvalue weighted by atomic mass is 16.5. The van der Waals surface area contributed by atoms with E-state index in [1.54, 1.807) is 25.5 Å². The Morgan fingerprint density at radius 2 is 2.03 bits per heavy atom. The smallest absolute Gasteiger partial charge is 0.350 e. The van der Waals surface area contributed by atoms with Gasteiger partial charge in [-0.2, -0.15) is 0 Å². The molecule has 2 amide bonds. The van der Waals surface area contributed by atoms with E-state index in [1.165, 1.54) is 0 Å². The fourth-order valence-electron chi connectivity index (χ4n) is 2.98. The summed E-state index contributed by atoms with van der Waals surface area (Å²) in [5, 5.41) is 0.968. The maximum atomic E-state index is 11.8. The van der Waals surface area contributed by atoms with Crippen molar-refractivity contribution in [1.82, 2.24) is 5.43 Å². The Balaban J connectivity index is 2.15. The first kappa shape index (κ1) is 23.7. The highest BCUT2D eigenvalue weighted by Gasteiger charge is 2.16. The molecule has 0 aliphatic rings. The van der Waals surface area contributed by atoms with Gasteiger partial charge in [0.2, 0.25) is 0 Å². The van der Waals surface area contributed by atoms with Gasteiger partial charge in [0.25, 0.3) is 0 Å². The second-order valence-corrected chi connectivity index (χ2v) is 6.78. The van der Waals surface area contributed by atoms with E-state index in [0.29, 0.717) is 23.6 Å². The molecule has 2 aromatic rings. The number of methoxy groups -OCH3 is 1. The van der Waals surface area contributed by atoms with Crippen LogP contribution in [0.4, 0.5) is 10.5 Å². The first-order valence-corrected chi connectivity index (χ1v) is 9.64. The van der Waals surface area contributed by atoms with Crippen LogP contribution in [0.5, 0.6) is 5.75 Å². The number of ether oxygens (including phenoxy) is 2. The molecule has 0 heterocycles. The summed E-state index contributed by atoms with van der Waals surface area (Å²) in [6.07, 6.45) is 6.02. The van der Waals surface area contributed by atoms with Gasteiger partial charge in [-0.05, 0) is 74.0 Å². The molecule has 0 aliphatic heterocycles. The minimum atomic E-state index is -0.616. The van der Waals surface area contributed by atoms with E-state index < -0.39 is 6.03 Å². The molecule has 2 aromatic carbocycles. The second kappa shape index (κ2) is 11.5. The molecule has 0 saturated carbocycles. The van der Waals surface area contributed by atoms with Gasteiger partial charge in [-0.3, -0.25) is 10.4 Å². The van der Waals surface area contributed by atoms with Crippen molar-refractivity contribution in [2.75, 3.05) is 12.1 Å². The van der Waals surface area contributed by atoms with E-state index in [4.69, 9.17) is 21.2 Å². The Bertz CT molecular complexity index is 985. The minimum absolute atomic E-state index is 0.249. The number of aryl methyl sites for hydroxylation is 2. The molecule has 31 heavy (non-hydrogen) atoms. The molecule has 0 saturated heterocycles. The first-order valence-electron chi connectivity index (χ1n) is 9.64. The van der Waals surface area contributed by atoms with Crippen LogP contribution < -0.4 is 26.9 Å². The second-order valence-electron chi connectivity index (χ2n) is 6.78. The lowest BCUT2D eigenvalue weighted by molar-refractivity contribution is 0.246. The normalized spacial score (nSPS) is 11.3. The number of aliphatic imine (C=N–C) groups is 1. The van der Waals surface area contributed by atoms with Crippen LogP contribution in [0.1, 0.15) is 22.3 Å². The summed E-state index contributed by atoms with van der Waals surface area (Å²) in [6, 6.07) is 10.8. The van der Waals surface area contributed by atoms with Crippen LogP contribution >= 0.6 is 0 Å². The predicted octanol–water partition coefficient (Wildman–Crippen LogP) is 3.43. The number of hydrogen-bond donors (Lipinski definition) is 3. The third-order valence-electron chi connectivity index (χ3n) is 4.79. The average Bonchev–Trinajstić information content (AvgIpc) is 2.78. The van der Waals surface area contributed by atoms with Gasteiger partial charge in [0.05, 0.1) is 12.8 Å². The summed E-state index contributed by atoms with van der Waals surface area (Å²) in [5.41, 5.74) is 6.53. The lowest BCUT2D eigenvalue weighted by Gasteiger charge is -2.21. The fourth-order valence-corrected chi connectivity index (χ4v) is 2.98. The number of carbonyl (C=O) groups excluding carboxylic acids is 1. The van der Waals surface area contributed by atoms with Crippen molar-refractivity contribution < 1.29 is 14.3 Å². The maximum Gasteiger partial charge on any atom is 0.350 e. The molecule has 0 bridgehead atoms. The van der Waals surface area contributed by atoms with E-state index >= 15 is 0 Å². The zero-order chi connectivity index (χ0) is 22.8. The Kier molecular flexibility index (Phi) is 8.80. The third-order valence-corrected chi connectivity index (χ3v) is 4.79. The van der Waals surface area contributed by atoms with Crippen LogP contribution in [-0.4, -0.2) is 19.9 Å². The molecule has 0 atom stereocenters. The number of carbonyl (C=O) groups is 1. The summed E-state index contributed by atoms with van der Waals surface area (Å²) in [7, 11) is 1.61. The van der Waals surface area contributed by atoms with Crippen LogP contribution in [0.15, 0.2) is 65.5 Å². The van der Waals surface area contributed by atoms with Gasteiger partial charge in [0, 0.05) is 11.8 Å². The summed E-state index contributed by atoms with van der Waals surface area (Å²) < 4.78 is 11.3. The molecule has 8 heteroatoms. The summed E-state index contributed by atoms with van der Waals surface area (Å²) in [5.74, 6) is 12.5. The number of anilines is 1. The van der Waals surface area contributed by atoms with Crippen molar-refractivity contribution in [1.29, 1.82) is 0 Å². The number of hydrazine groups is 2. The van der Waals surface area contributed by atoms with Crippen LogP contribution in [0.25, 0.3) is 0 Å². The third kappa shape index (κ3) is 6.43. The molecule has 0 radical (unpaired) electrons. The Labute approximate surface area is 182 Å². The number of rotatable bonds is 9. The van der Waals surface area contributed by atoms with Crippen molar-refractivity contribution >= 4 is 18.4 Å². The van der Waals surface area contributed by atoms with E-state index in [2.05, 4.69) is 11.7 Å². The van der Waals surface area contributed by atoms with Crippen LogP contribution in [0, 0.1) is 13.8 Å². The maximum absolute atomic E-state index is 11.8. The molecule has 0 aliphatic carbocycles. The number of hydrogen-bond acceptors (Lipinski definition) is 6. The molecule has 2 rings (SSSR count). The quantitative estimate of drug-likeness (QED) is 0.143. The molecule has 164 valence electrons. The van der Waals surface area contributed by atoms with Crippen LogP contribution in [0.2, 0.25) is 0 Å². The zero-order valence-corrected chi connectivity index (χ0v) is 18.1. The fraction of sp³-hybridized carbons (Fsp3) is 0.217. The molecule has 5 N–H and O–H groups in total. The van der Waals surface area contributed by atoms with Gasteiger partial charge in [0.1, 0.15) is 18.1 Å². The van der Waals surface area contributed by atoms with Crippen LogP contribution in [0.3, 0.4) is 0 Å².